The molecule has 12 nitrogen and oxygen atoms in total. The first-order valence-electron chi connectivity index (χ1n) is 11.7. The Hall–Kier alpha value is -5.30. The van der Waals surface area contributed by atoms with Gasteiger partial charge in [0.05, 0.1) is 19.1 Å². The number of hydrogen-bond donors (Lipinski definition) is 3. The molecular weight excluding hydrogens is 536 g/mol. The van der Waals surface area contributed by atoms with Crippen LogP contribution in [0.2, 0.25) is 0 Å². The fraction of sp³-hybridized carbons (Fsp3) is 0.0741. The Labute approximate surface area is 230 Å². The van der Waals surface area contributed by atoms with Crippen LogP contribution in [0.15, 0.2) is 95.8 Å². The molecule has 0 spiro atoms. The van der Waals surface area contributed by atoms with E-state index >= 15 is 0 Å². The second kappa shape index (κ2) is 12.5. The minimum atomic E-state index is -4.05. The Morgan fingerprint density at radius 3 is 2.23 bits per heavy atom. The maximum Gasteiger partial charge on any atom is 0.321 e. The van der Waals surface area contributed by atoms with Crippen molar-refractivity contribution in [1.82, 2.24) is 20.3 Å². The lowest BCUT2D eigenvalue weighted by Crippen LogP contribution is -2.30. The average Bonchev–Trinajstić information content (AvgIpc) is 2.97. The van der Waals surface area contributed by atoms with Crippen LogP contribution < -0.4 is 24.8 Å². The number of hydrogen-bond acceptors (Lipinski definition) is 9. The van der Waals surface area contributed by atoms with Crippen molar-refractivity contribution in [2.75, 3.05) is 24.3 Å². The van der Waals surface area contributed by atoms with Gasteiger partial charge in [0.2, 0.25) is 5.88 Å². The van der Waals surface area contributed by atoms with E-state index in [1.165, 1.54) is 50.6 Å². The highest BCUT2D eigenvalue weighted by Gasteiger charge is 2.18. The van der Waals surface area contributed by atoms with E-state index in [9.17, 15) is 18.0 Å². The third kappa shape index (κ3) is 7.17. The molecule has 2 aromatic carbocycles. The van der Waals surface area contributed by atoms with Gasteiger partial charge in [-0.05, 0) is 60.2 Å². The van der Waals surface area contributed by atoms with Gasteiger partial charge in [0.15, 0.2) is 5.82 Å². The summed E-state index contributed by atoms with van der Waals surface area (Å²) in [7, 11) is -1.34. The van der Waals surface area contributed by atoms with Crippen LogP contribution in [-0.2, 0) is 14.8 Å². The minimum Gasteiger partial charge on any atom is -0.481 e. The van der Waals surface area contributed by atoms with E-state index in [4.69, 9.17) is 9.47 Å². The average molecular weight is 561 g/mol. The molecule has 2 heterocycles. The molecule has 4 aromatic rings. The number of carbonyl (C=O) groups excluding carboxylic acids is 2. The molecule has 2 aromatic heterocycles. The second-order valence-corrected chi connectivity index (χ2v) is 9.71. The number of benzene rings is 2. The highest BCUT2D eigenvalue weighted by atomic mass is 32.2. The zero-order chi connectivity index (χ0) is 28.5. The van der Waals surface area contributed by atoms with Gasteiger partial charge >= 0.3 is 6.01 Å². The third-order valence-electron chi connectivity index (χ3n) is 5.28. The molecule has 0 saturated heterocycles. The van der Waals surface area contributed by atoms with Gasteiger partial charge in [-0.25, -0.2) is 8.42 Å². The van der Waals surface area contributed by atoms with Crippen molar-refractivity contribution in [3.05, 3.63) is 102 Å². The van der Waals surface area contributed by atoms with Gasteiger partial charge in [-0.2, -0.15) is 9.97 Å². The number of pyridine rings is 1. The van der Waals surface area contributed by atoms with Crippen LogP contribution in [0.3, 0.4) is 0 Å². The van der Waals surface area contributed by atoms with Crippen molar-refractivity contribution in [3.63, 3.8) is 0 Å². The van der Waals surface area contributed by atoms with Gasteiger partial charge in [0.1, 0.15) is 5.70 Å². The Morgan fingerprint density at radius 2 is 1.57 bits per heavy atom. The van der Waals surface area contributed by atoms with E-state index < -0.39 is 21.8 Å². The summed E-state index contributed by atoms with van der Waals surface area (Å²) in [4.78, 5) is 37.6. The fourth-order valence-electron chi connectivity index (χ4n) is 3.33. The van der Waals surface area contributed by atoms with Crippen LogP contribution in [0.25, 0.3) is 6.08 Å². The van der Waals surface area contributed by atoms with Gasteiger partial charge in [0.25, 0.3) is 21.8 Å². The number of aromatic nitrogens is 3. The van der Waals surface area contributed by atoms with Gasteiger partial charge in [0, 0.05) is 29.7 Å². The van der Waals surface area contributed by atoms with Crippen molar-refractivity contribution >= 4 is 39.4 Å². The summed E-state index contributed by atoms with van der Waals surface area (Å²) >= 11 is 0. The predicted octanol–water partition coefficient (Wildman–Crippen LogP) is 3.10. The number of sulfonamides is 1. The van der Waals surface area contributed by atoms with Crippen molar-refractivity contribution < 1.29 is 27.5 Å². The predicted molar refractivity (Wildman–Crippen MR) is 147 cm³/mol. The zero-order valence-electron chi connectivity index (χ0n) is 21.4. The van der Waals surface area contributed by atoms with E-state index in [-0.39, 0.29) is 28.3 Å². The number of carbonyl (C=O) groups is 2. The van der Waals surface area contributed by atoms with Crippen LogP contribution >= 0.6 is 0 Å². The van der Waals surface area contributed by atoms with Crippen LogP contribution in [0, 0.1) is 0 Å². The molecule has 40 heavy (non-hydrogen) atoms. The second-order valence-electron chi connectivity index (χ2n) is 8.02. The van der Waals surface area contributed by atoms with Gasteiger partial charge in [-0.1, -0.05) is 18.2 Å². The maximum absolute atomic E-state index is 13.1. The van der Waals surface area contributed by atoms with E-state index in [1.54, 1.807) is 54.9 Å². The van der Waals surface area contributed by atoms with E-state index in [0.717, 1.165) is 0 Å². The van der Waals surface area contributed by atoms with Crippen LogP contribution in [0.5, 0.6) is 11.9 Å². The van der Waals surface area contributed by atoms with Crippen molar-refractivity contribution in [2.45, 2.75) is 4.90 Å². The molecule has 204 valence electrons. The summed E-state index contributed by atoms with van der Waals surface area (Å²) in [6.45, 7) is 0. The summed E-state index contributed by atoms with van der Waals surface area (Å²) < 4.78 is 38.1. The normalized spacial score (nSPS) is 11.3. The first kappa shape index (κ1) is 27.7. The van der Waals surface area contributed by atoms with Crippen molar-refractivity contribution in [3.8, 4) is 11.9 Å². The van der Waals surface area contributed by atoms with Gasteiger partial charge < -0.3 is 20.1 Å². The monoisotopic (exact) mass is 560 g/mol. The Morgan fingerprint density at radius 1 is 0.875 bits per heavy atom. The molecule has 2 amide bonds. The first-order chi connectivity index (χ1) is 19.3. The van der Waals surface area contributed by atoms with Gasteiger partial charge in [-0.3, -0.25) is 19.3 Å². The quantitative estimate of drug-likeness (QED) is 0.248. The van der Waals surface area contributed by atoms with Crippen LogP contribution in [0.1, 0.15) is 15.9 Å². The summed E-state index contributed by atoms with van der Waals surface area (Å²) in [5.74, 6) is -1.03. The number of amides is 2. The molecule has 0 atom stereocenters. The summed E-state index contributed by atoms with van der Waals surface area (Å²) in [5.41, 5.74) is 1.28. The van der Waals surface area contributed by atoms with E-state index in [2.05, 4.69) is 30.3 Å². The number of methoxy groups -OCH3 is 2. The number of nitrogens with zero attached hydrogens (tertiary/aromatic N) is 3. The molecule has 0 unspecified atom stereocenters. The smallest absolute Gasteiger partial charge is 0.321 e. The molecule has 0 fully saturated rings. The highest BCUT2D eigenvalue weighted by molar-refractivity contribution is 7.92. The standard InChI is InChI=1S/C27H24N6O6S/c1-38-24-17-23(31-27(32-24)39-2)33-40(36,37)21-10-8-20(9-11-21)29-26(35)22(16-18-12-14-28-15-13-18)30-25(34)19-6-4-3-5-7-19/h3-17H,1-2H3,(H,29,35)(H,30,34)(H,31,32,33). The molecule has 3 N–H and O–H groups in total. The third-order valence-corrected chi connectivity index (χ3v) is 6.65. The Bertz CT molecular complexity index is 1610. The lowest BCUT2D eigenvalue weighted by molar-refractivity contribution is -0.113. The number of rotatable bonds is 10. The molecule has 13 heteroatoms. The molecular formula is C27H24N6O6S. The minimum absolute atomic E-state index is 0.0231. The molecule has 0 radical (unpaired) electrons. The Balaban J connectivity index is 1.52. The van der Waals surface area contributed by atoms with Crippen molar-refractivity contribution in [2.24, 2.45) is 0 Å². The lowest BCUT2D eigenvalue weighted by Gasteiger charge is -2.12. The maximum atomic E-state index is 13.1. The summed E-state index contributed by atoms with van der Waals surface area (Å²) in [5, 5.41) is 5.31. The molecule has 0 aliphatic carbocycles. The van der Waals surface area contributed by atoms with Crippen LogP contribution in [-0.4, -0.2) is 49.4 Å². The van der Waals surface area contributed by atoms with Crippen molar-refractivity contribution in [1.29, 1.82) is 0 Å². The number of nitrogens with one attached hydrogen (secondary N) is 3. The van der Waals surface area contributed by atoms with E-state index in [1.807, 2.05) is 0 Å². The van der Waals surface area contributed by atoms with Crippen LogP contribution in [0.4, 0.5) is 11.5 Å². The number of ether oxygens (including phenoxy) is 2. The largest absolute Gasteiger partial charge is 0.481 e. The first-order valence-corrected chi connectivity index (χ1v) is 13.1. The SMILES string of the molecule is COc1cc(NS(=O)(=O)c2ccc(NC(=O)C(=Cc3ccncc3)NC(=O)c3ccccc3)cc2)nc(OC)n1. The molecule has 4 rings (SSSR count). The molecule has 0 saturated carbocycles. The fourth-order valence-corrected chi connectivity index (χ4v) is 4.33. The van der Waals surface area contributed by atoms with E-state index in [0.29, 0.717) is 16.8 Å². The molecule has 0 aliphatic heterocycles. The Kier molecular flexibility index (Phi) is 8.66. The highest BCUT2D eigenvalue weighted by Crippen LogP contribution is 2.22. The molecule has 0 aliphatic rings. The number of anilines is 2. The van der Waals surface area contributed by atoms with Gasteiger partial charge in [-0.15, -0.1) is 0 Å². The zero-order valence-corrected chi connectivity index (χ0v) is 22.2. The summed E-state index contributed by atoms with van der Waals surface area (Å²) in [6, 6.07) is 18.5. The lowest BCUT2D eigenvalue weighted by atomic mass is 10.2. The molecule has 0 bridgehead atoms. The summed E-state index contributed by atoms with van der Waals surface area (Å²) in [6.07, 6.45) is 4.62. The topological polar surface area (TPSA) is 162 Å².